The molecule has 0 atom stereocenters. The van der Waals surface area contributed by atoms with E-state index in [4.69, 9.17) is 0 Å². The topological polar surface area (TPSA) is 36.1 Å². The van der Waals surface area contributed by atoms with Crippen LogP contribution in [0.4, 0.5) is 0 Å². The highest BCUT2D eigenvalue weighted by molar-refractivity contribution is 5.86. The summed E-state index contributed by atoms with van der Waals surface area (Å²) in [6.45, 7) is 6.80. The molecule has 0 unspecified atom stereocenters. The molecule has 1 rings (SSSR count). The third-order valence-corrected chi connectivity index (χ3v) is 2.41. The molecule has 0 amide bonds. The van der Waals surface area contributed by atoms with Gasteiger partial charge in [-0.15, -0.1) is 37.2 Å². The Hall–Kier alpha value is 0.750. The molecule has 1 aliphatic rings. The van der Waals surface area contributed by atoms with Gasteiger partial charge in [0.1, 0.15) is 0 Å². The predicted molar refractivity (Wildman–Crippen MR) is 78.8 cm³/mol. The maximum absolute atomic E-state index is 3.44. The largest absolute Gasteiger partial charge is 0.315 e. The molecule has 0 bridgehead atoms. The molecule has 1 aliphatic heterocycles. The van der Waals surface area contributed by atoms with Crippen LogP contribution < -0.4 is 16.0 Å². The van der Waals surface area contributed by atoms with E-state index in [9.17, 15) is 0 Å². The zero-order valence-corrected chi connectivity index (χ0v) is 12.2. The van der Waals surface area contributed by atoms with Crippen molar-refractivity contribution in [1.82, 2.24) is 16.0 Å². The van der Waals surface area contributed by atoms with E-state index in [1.54, 1.807) is 0 Å². The average molecular weight is 295 g/mol. The van der Waals surface area contributed by atoms with Gasteiger partial charge in [0.2, 0.25) is 0 Å². The third-order valence-electron chi connectivity index (χ3n) is 2.41. The zero-order chi connectivity index (χ0) is 9.19. The lowest BCUT2D eigenvalue weighted by Crippen LogP contribution is -2.32. The summed E-state index contributed by atoms with van der Waals surface area (Å²) in [4.78, 5) is 0. The first kappa shape index (κ1) is 22.0. The second kappa shape index (κ2) is 18.1. The van der Waals surface area contributed by atoms with Gasteiger partial charge in [-0.2, -0.15) is 0 Å². The fourth-order valence-corrected chi connectivity index (χ4v) is 1.58. The highest BCUT2D eigenvalue weighted by atomic mass is 35.5. The smallest absolute Gasteiger partial charge is 0.00772 e. The minimum absolute atomic E-state index is 0. The lowest BCUT2D eigenvalue weighted by molar-refractivity contribution is 0.579. The first-order valence-corrected chi connectivity index (χ1v) is 5.62. The fraction of sp³-hybridized carbons (Fsp3) is 1.00. The fourth-order valence-electron chi connectivity index (χ4n) is 1.58. The van der Waals surface area contributed by atoms with Crippen molar-refractivity contribution < 1.29 is 0 Å². The molecule has 3 N–H and O–H groups in total. The molecule has 102 valence electrons. The molecule has 0 aromatic carbocycles. The Morgan fingerprint density at radius 1 is 0.375 bits per heavy atom. The third kappa shape index (κ3) is 14.8. The Morgan fingerprint density at radius 3 is 1.06 bits per heavy atom. The Balaban J connectivity index is -0.000000563. The Morgan fingerprint density at radius 2 is 0.688 bits per heavy atom. The Labute approximate surface area is 118 Å². The van der Waals surface area contributed by atoms with Gasteiger partial charge in [-0.3, -0.25) is 0 Å². The first-order valence-electron chi connectivity index (χ1n) is 5.62. The molecule has 6 heteroatoms. The highest BCUT2D eigenvalue weighted by Gasteiger charge is 1.93. The lowest BCUT2D eigenvalue weighted by atomic mass is 10.2. The standard InChI is InChI=1S/C10H23N3.3ClH/c1-2-4-6-12-8-10-13-9-7-11-5-3-1;;;/h11-13H,1-10H2;3*1H. The maximum atomic E-state index is 3.44. The summed E-state index contributed by atoms with van der Waals surface area (Å²) in [6, 6.07) is 0. The van der Waals surface area contributed by atoms with Crippen molar-refractivity contribution in [2.24, 2.45) is 0 Å². The summed E-state index contributed by atoms with van der Waals surface area (Å²) < 4.78 is 0. The van der Waals surface area contributed by atoms with E-state index in [-0.39, 0.29) is 37.2 Å². The SMILES string of the molecule is C1CCCNCCNCCNCC1.Cl.Cl.Cl. The number of hydrogen-bond donors (Lipinski definition) is 3. The average Bonchev–Trinajstić information content (AvgIpc) is 2.18. The van der Waals surface area contributed by atoms with E-state index in [1.165, 1.54) is 38.8 Å². The molecular weight excluding hydrogens is 268 g/mol. The molecule has 1 saturated heterocycles. The Kier molecular flexibility index (Phi) is 24.9. The van der Waals surface area contributed by atoms with E-state index < -0.39 is 0 Å². The summed E-state index contributed by atoms with van der Waals surface area (Å²) in [5, 5.41) is 10.3. The maximum Gasteiger partial charge on any atom is 0.00772 e. The number of halogens is 3. The van der Waals surface area contributed by atoms with Gasteiger partial charge in [0.25, 0.3) is 0 Å². The van der Waals surface area contributed by atoms with Gasteiger partial charge in [-0.1, -0.05) is 12.8 Å². The summed E-state index contributed by atoms with van der Waals surface area (Å²) >= 11 is 0. The Bertz CT molecular complexity index is 69.4. The van der Waals surface area contributed by atoms with Crippen LogP contribution in [-0.2, 0) is 0 Å². The summed E-state index contributed by atoms with van der Waals surface area (Å²) in [5.41, 5.74) is 0. The van der Waals surface area contributed by atoms with Crippen LogP contribution in [-0.4, -0.2) is 39.3 Å². The predicted octanol–water partition coefficient (Wildman–Crippen LogP) is 1.59. The van der Waals surface area contributed by atoms with Crippen molar-refractivity contribution in [3.05, 3.63) is 0 Å². The van der Waals surface area contributed by atoms with Gasteiger partial charge < -0.3 is 16.0 Å². The molecule has 0 aromatic rings. The van der Waals surface area contributed by atoms with Crippen molar-refractivity contribution in [2.45, 2.75) is 25.7 Å². The number of hydrogen-bond acceptors (Lipinski definition) is 3. The summed E-state index contributed by atoms with van der Waals surface area (Å²) in [6.07, 6.45) is 5.42. The van der Waals surface area contributed by atoms with Gasteiger partial charge in [-0.05, 0) is 25.9 Å². The van der Waals surface area contributed by atoms with Crippen LogP contribution in [0.1, 0.15) is 25.7 Å². The molecule has 0 saturated carbocycles. The van der Waals surface area contributed by atoms with Crippen LogP contribution >= 0.6 is 37.2 Å². The minimum atomic E-state index is 0. The van der Waals surface area contributed by atoms with Gasteiger partial charge >= 0.3 is 0 Å². The normalized spacial score (nSPS) is 19.5. The number of rotatable bonds is 0. The first-order chi connectivity index (χ1) is 6.50. The zero-order valence-electron chi connectivity index (χ0n) is 9.80. The van der Waals surface area contributed by atoms with E-state index >= 15 is 0 Å². The second-order valence-corrected chi connectivity index (χ2v) is 3.66. The van der Waals surface area contributed by atoms with Crippen LogP contribution in [0.25, 0.3) is 0 Å². The van der Waals surface area contributed by atoms with Gasteiger partial charge in [0.15, 0.2) is 0 Å². The van der Waals surface area contributed by atoms with Crippen molar-refractivity contribution in [3.8, 4) is 0 Å². The van der Waals surface area contributed by atoms with Gasteiger partial charge in [0, 0.05) is 26.2 Å². The second-order valence-electron chi connectivity index (χ2n) is 3.66. The van der Waals surface area contributed by atoms with Crippen LogP contribution in [0.3, 0.4) is 0 Å². The quantitative estimate of drug-likeness (QED) is 0.635. The van der Waals surface area contributed by atoms with E-state index in [1.807, 2.05) is 0 Å². The minimum Gasteiger partial charge on any atom is -0.315 e. The lowest BCUT2D eigenvalue weighted by Gasteiger charge is -2.05. The molecule has 1 heterocycles. The van der Waals surface area contributed by atoms with Gasteiger partial charge in [-0.25, -0.2) is 0 Å². The summed E-state index contributed by atoms with van der Waals surface area (Å²) in [5.74, 6) is 0. The molecular formula is C10H26Cl3N3. The van der Waals surface area contributed by atoms with Crippen LogP contribution in [0.2, 0.25) is 0 Å². The molecule has 0 radical (unpaired) electrons. The highest BCUT2D eigenvalue weighted by Crippen LogP contribution is 1.97. The number of nitrogens with one attached hydrogen (secondary N) is 3. The molecule has 3 nitrogen and oxygen atoms in total. The monoisotopic (exact) mass is 293 g/mol. The van der Waals surface area contributed by atoms with Crippen LogP contribution in [0.5, 0.6) is 0 Å². The molecule has 0 spiro atoms. The van der Waals surface area contributed by atoms with E-state index in [2.05, 4.69) is 16.0 Å². The molecule has 1 fully saturated rings. The van der Waals surface area contributed by atoms with Crippen LogP contribution in [0, 0.1) is 0 Å². The van der Waals surface area contributed by atoms with Crippen LogP contribution in [0.15, 0.2) is 0 Å². The van der Waals surface area contributed by atoms with E-state index in [0.717, 1.165) is 26.2 Å². The summed E-state index contributed by atoms with van der Waals surface area (Å²) in [7, 11) is 0. The van der Waals surface area contributed by atoms with E-state index in [0.29, 0.717) is 0 Å². The molecule has 0 aliphatic carbocycles. The molecule has 16 heavy (non-hydrogen) atoms. The van der Waals surface area contributed by atoms with Crippen molar-refractivity contribution >= 4 is 37.2 Å². The van der Waals surface area contributed by atoms with Crippen molar-refractivity contribution in [1.29, 1.82) is 0 Å². The van der Waals surface area contributed by atoms with Gasteiger partial charge in [0.05, 0.1) is 0 Å². The van der Waals surface area contributed by atoms with Crippen molar-refractivity contribution in [2.75, 3.05) is 39.3 Å². The molecule has 0 aromatic heterocycles. The van der Waals surface area contributed by atoms with Crippen molar-refractivity contribution in [3.63, 3.8) is 0 Å².